The van der Waals surface area contributed by atoms with Gasteiger partial charge in [-0.05, 0) is 44.2 Å². The zero-order valence-electron chi connectivity index (χ0n) is 15.0. The Kier molecular flexibility index (Phi) is 4.57. The lowest BCUT2D eigenvalue weighted by molar-refractivity contribution is 0.0617. The Labute approximate surface area is 147 Å². The quantitative estimate of drug-likeness (QED) is 0.920. The number of fused-ring (bicyclic) bond motifs is 1. The van der Waals surface area contributed by atoms with Crippen LogP contribution in [0.5, 0.6) is 17.2 Å². The van der Waals surface area contributed by atoms with Crippen LogP contribution in [0.15, 0.2) is 42.5 Å². The van der Waals surface area contributed by atoms with Crippen molar-refractivity contribution in [2.45, 2.75) is 31.9 Å². The van der Waals surface area contributed by atoms with Crippen LogP contribution in [0.4, 0.5) is 0 Å². The molecule has 0 aliphatic carbocycles. The van der Waals surface area contributed by atoms with Gasteiger partial charge in [0.25, 0.3) is 5.91 Å². The molecular formula is C20H23NO4. The molecule has 0 radical (unpaired) electrons. The maximum absolute atomic E-state index is 12.7. The summed E-state index contributed by atoms with van der Waals surface area (Å²) in [5.74, 6) is 1.99. The second-order valence-electron chi connectivity index (χ2n) is 6.73. The minimum absolute atomic E-state index is 0.136. The second-order valence-corrected chi connectivity index (χ2v) is 6.73. The van der Waals surface area contributed by atoms with E-state index in [-0.39, 0.29) is 17.6 Å². The van der Waals surface area contributed by atoms with Crippen LogP contribution in [0.3, 0.4) is 0 Å². The third kappa shape index (κ3) is 3.71. The molecule has 2 aromatic rings. The van der Waals surface area contributed by atoms with Gasteiger partial charge in [0.1, 0.15) is 22.8 Å². The van der Waals surface area contributed by atoms with Crippen molar-refractivity contribution in [2.24, 2.45) is 0 Å². The standard InChI is InChI=1S/C20H23NO4/c1-20(2)12-17(16-9-8-15(24-4)11-18(16)25-20)21-19(22)13-6-5-7-14(10-13)23-3/h5-11,17H,12H2,1-4H3,(H,21,22)/t17-/m1/s1. The van der Waals surface area contributed by atoms with Gasteiger partial charge in [0.2, 0.25) is 0 Å². The van der Waals surface area contributed by atoms with Gasteiger partial charge in [-0.2, -0.15) is 0 Å². The lowest BCUT2D eigenvalue weighted by Gasteiger charge is -2.38. The molecule has 2 aromatic carbocycles. The zero-order valence-corrected chi connectivity index (χ0v) is 15.0. The molecule has 5 heteroatoms. The molecular weight excluding hydrogens is 318 g/mol. The van der Waals surface area contributed by atoms with E-state index in [4.69, 9.17) is 14.2 Å². The van der Waals surface area contributed by atoms with Gasteiger partial charge in [0.15, 0.2) is 0 Å². The van der Waals surface area contributed by atoms with Gasteiger partial charge < -0.3 is 19.5 Å². The molecule has 0 aromatic heterocycles. The van der Waals surface area contributed by atoms with Crippen molar-refractivity contribution >= 4 is 5.91 Å². The molecule has 1 atom stereocenters. The highest BCUT2D eigenvalue weighted by atomic mass is 16.5. The SMILES string of the molecule is COc1cccc(C(=O)N[C@@H]2CC(C)(C)Oc3cc(OC)ccc32)c1. The number of benzene rings is 2. The summed E-state index contributed by atoms with van der Waals surface area (Å²) in [6.07, 6.45) is 0.683. The van der Waals surface area contributed by atoms with E-state index in [2.05, 4.69) is 5.32 Å². The Balaban J connectivity index is 1.88. The fourth-order valence-corrected chi connectivity index (χ4v) is 3.09. The predicted molar refractivity (Wildman–Crippen MR) is 95.5 cm³/mol. The lowest BCUT2D eigenvalue weighted by Crippen LogP contribution is -2.41. The van der Waals surface area contributed by atoms with Gasteiger partial charge in [-0.15, -0.1) is 0 Å². The topological polar surface area (TPSA) is 56.8 Å². The molecule has 1 amide bonds. The summed E-state index contributed by atoms with van der Waals surface area (Å²) < 4.78 is 16.5. The van der Waals surface area contributed by atoms with E-state index in [9.17, 15) is 4.79 Å². The van der Waals surface area contributed by atoms with Gasteiger partial charge >= 0.3 is 0 Å². The summed E-state index contributed by atoms with van der Waals surface area (Å²) >= 11 is 0. The maximum atomic E-state index is 12.7. The number of carbonyl (C=O) groups excluding carboxylic acids is 1. The first-order valence-electron chi connectivity index (χ1n) is 8.24. The van der Waals surface area contributed by atoms with Crippen molar-refractivity contribution in [1.82, 2.24) is 5.32 Å². The lowest BCUT2D eigenvalue weighted by atomic mass is 9.89. The molecule has 25 heavy (non-hydrogen) atoms. The van der Waals surface area contributed by atoms with E-state index in [1.165, 1.54) is 0 Å². The van der Waals surface area contributed by atoms with Crippen LogP contribution < -0.4 is 19.5 Å². The van der Waals surface area contributed by atoms with Crippen LogP contribution in [0.2, 0.25) is 0 Å². The fourth-order valence-electron chi connectivity index (χ4n) is 3.09. The highest BCUT2D eigenvalue weighted by molar-refractivity contribution is 5.94. The first-order valence-corrected chi connectivity index (χ1v) is 8.24. The van der Waals surface area contributed by atoms with Crippen LogP contribution in [-0.4, -0.2) is 25.7 Å². The van der Waals surface area contributed by atoms with Gasteiger partial charge in [-0.25, -0.2) is 0 Å². The summed E-state index contributed by atoms with van der Waals surface area (Å²) in [5.41, 5.74) is 1.14. The van der Waals surface area contributed by atoms with Crippen LogP contribution in [0.25, 0.3) is 0 Å². The number of nitrogens with one attached hydrogen (secondary N) is 1. The van der Waals surface area contributed by atoms with E-state index >= 15 is 0 Å². The summed E-state index contributed by atoms with van der Waals surface area (Å²) in [6.45, 7) is 4.03. The number of hydrogen-bond acceptors (Lipinski definition) is 4. The molecule has 0 spiro atoms. The van der Waals surface area contributed by atoms with Gasteiger partial charge in [-0.1, -0.05) is 6.07 Å². The Hall–Kier alpha value is -2.69. The minimum atomic E-state index is -0.383. The second kappa shape index (κ2) is 6.67. The van der Waals surface area contributed by atoms with Crippen molar-refractivity contribution in [1.29, 1.82) is 0 Å². The van der Waals surface area contributed by atoms with E-state index in [1.54, 1.807) is 32.4 Å². The van der Waals surface area contributed by atoms with Crippen molar-refractivity contribution in [3.8, 4) is 17.2 Å². The smallest absolute Gasteiger partial charge is 0.251 e. The van der Waals surface area contributed by atoms with Crippen LogP contribution in [-0.2, 0) is 0 Å². The van der Waals surface area contributed by atoms with Crippen molar-refractivity contribution in [3.63, 3.8) is 0 Å². The molecule has 5 nitrogen and oxygen atoms in total. The molecule has 0 unspecified atom stereocenters. The number of ether oxygens (including phenoxy) is 3. The normalized spacial score (nSPS) is 17.8. The number of amides is 1. The largest absolute Gasteiger partial charge is 0.497 e. The van der Waals surface area contributed by atoms with Crippen molar-refractivity contribution in [3.05, 3.63) is 53.6 Å². The molecule has 0 saturated carbocycles. The first kappa shape index (κ1) is 17.1. The minimum Gasteiger partial charge on any atom is -0.497 e. The molecule has 3 rings (SSSR count). The number of carbonyl (C=O) groups is 1. The summed E-state index contributed by atoms with van der Waals surface area (Å²) in [7, 11) is 3.21. The maximum Gasteiger partial charge on any atom is 0.251 e. The fraction of sp³-hybridized carbons (Fsp3) is 0.350. The number of rotatable bonds is 4. The average Bonchev–Trinajstić information content (AvgIpc) is 2.60. The van der Waals surface area contributed by atoms with E-state index in [0.29, 0.717) is 17.7 Å². The molecule has 0 bridgehead atoms. The molecule has 1 aliphatic heterocycles. The summed E-state index contributed by atoms with van der Waals surface area (Å²) in [4.78, 5) is 12.7. The Morgan fingerprint density at radius 2 is 1.84 bits per heavy atom. The Morgan fingerprint density at radius 3 is 2.56 bits per heavy atom. The molecule has 1 heterocycles. The van der Waals surface area contributed by atoms with E-state index in [0.717, 1.165) is 17.1 Å². The van der Waals surface area contributed by atoms with Crippen molar-refractivity contribution in [2.75, 3.05) is 14.2 Å². The third-order valence-corrected chi connectivity index (χ3v) is 4.32. The van der Waals surface area contributed by atoms with Crippen LogP contribution in [0, 0.1) is 0 Å². The monoisotopic (exact) mass is 341 g/mol. The first-order chi connectivity index (χ1) is 11.9. The predicted octanol–water partition coefficient (Wildman–Crippen LogP) is 3.74. The third-order valence-electron chi connectivity index (χ3n) is 4.32. The van der Waals surface area contributed by atoms with Crippen LogP contribution >= 0.6 is 0 Å². The molecule has 1 aliphatic rings. The Morgan fingerprint density at radius 1 is 1.12 bits per heavy atom. The van der Waals surface area contributed by atoms with Crippen LogP contribution in [0.1, 0.15) is 42.2 Å². The highest BCUT2D eigenvalue weighted by Crippen LogP contribution is 2.41. The summed E-state index contributed by atoms with van der Waals surface area (Å²) in [6, 6.07) is 12.7. The molecule has 132 valence electrons. The Bertz CT molecular complexity index is 785. The van der Waals surface area contributed by atoms with Gasteiger partial charge in [-0.3, -0.25) is 4.79 Å². The van der Waals surface area contributed by atoms with Crippen molar-refractivity contribution < 1.29 is 19.0 Å². The zero-order chi connectivity index (χ0) is 18.0. The molecule has 0 fully saturated rings. The van der Waals surface area contributed by atoms with E-state index in [1.807, 2.05) is 38.1 Å². The van der Waals surface area contributed by atoms with Gasteiger partial charge in [0.05, 0.1) is 20.3 Å². The number of methoxy groups -OCH3 is 2. The van der Waals surface area contributed by atoms with Gasteiger partial charge in [0, 0.05) is 23.6 Å². The highest BCUT2D eigenvalue weighted by Gasteiger charge is 2.35. The number of hydrogen-bond donors (Lipinski definition) is 1. The average molecular weight is 341 g/mol. The summed E-state index contributed by atoms with van der Waals surface area (Å²) in [5, 5.41) is 3.12. The van der Waals surface area contributed by atoms with E-state index < -0.39 is 0 Å². The molecule has 0 saturated heterocycles. The molecule has 1 N–H and O–H groups in total.